The van der Waals surface area contributed by atoms with Crippen molar-refractivity contribution in [1.29, 1.82) is 0 Å². The Morgan fingerprint density at radius 3 is 2.83 bits per heavy atom. The van der Waals surface area contributed by atoms with Gasteiger partial charge in [0.05, 0.1) is 12.1 Å². The number of aliphatic hydroxyl groups is 1. The summed E-state index contributed by atoms with van der Waals surface area (Å²) < 4.78 is 1.85. The number of Topliss-reactive ketones (excluding diaryl/α,β-unsaturated/α-hetero) is 1. The zero-order valence-corrected chi connectivity index (χ0v) is 11.0. The molecular weight excluding hydrogens is 228 g/mol. The number of ketones is 1. The molecule has 0 aromatic carbocycles. The summed E-state index contributed by atoms with van der Waals surface area (Å²) >= 11 is 0. The van der Waals surface area contributed by atoms with Gasteiger partial charge in [0.25, 0.3) is 0 Å². The molecule has 2 aromatic heterocycles. The van der Waals surface area contributed by atoms with Crippen LogP contribution >= 0.6 is 0 Å². The van der Waals surface area contributed by atoms with E-state index in [4.69, 9.17) is 0 Å². The van der Waals surface area contributed by atoms with Crippen molar-refractivity contribution in [1.82, 2.24) is 9.55 Å². The highest BCUT2D eigenvalue weighted by molar-refractivity contribution is 6.07. The van der Waals surface area contributed by atoms with Crippen LogP contribution in [0.5, 0.6) is 0 Å². The number of aromatic nitrogens is 2. The van der Waals surface area contributed by atoms with E-state index in [0.29, 0.717) is 18.5 Å². The van der Waals surface area contributed by atoms with Crippen molar-refractivity contribution in [2.45, 2.75) is 39.3 Å². The quantitative estimate of drug-likeness (QED) is 0.843. The van der Waals surface area contributed by atoms with E-state index in [1.165, 1.54) is 0 Å². The molecule has 0 aliphatic rings. The van der Waals surface area contributed by atoms with Gasteiger partial charge in [-0.3, -0.25) is 4.79 Å². The topological polar surface area (TPSA) is 55.1 Å². The monoisotopic (exact) mass is 246 g/mol. The van der Waals surface area contributed by atoms with Gasteiger partial charge in [0.15, 0.2) is 5.78 Å². The molecular formula is C14H18N2O2. The molecule has 1 N–H and O–H groups in total. The zero-order valence-electron chi connectivity index (χ0n) is 11.0. The zero-order chi connectivity index (χ0) is 13.3. The number of carbonyl (C=O) groups excluding carboxylic acids is 1. The van der Waals surface area contributed by atoms with E-state index in [0.717, 1.165) is 11.0 Å². The molecule has 0 saturated carbocycles. The first-order valence-electron chi connectivity index (χ1n) is 6.12. The average Bonchev–Trinajstić information content (AvgIpc) is 2.65. The summed E-state index contributed by atoms with van der Waals surface area (Å²) in [5.41, 5.74) is 0.594. The Hall–Kier alpha value is -1.68. The molecule has 2 aromatic rings. The molecule has 0 unspecified atom stereocenters. The lowest BCUT2D eigenvalue weighted by atomic mass is 10.1. The third-order valence-corrected chi connectivity index (χ3v) is 2.81. The maximum atomic E-state index is 11.9. The molecule has 0 aliphatic heterocycles. The van der Waals surface area contributed by atoms with Gasteiger partial charge in [-0.25, -0.2) is 4.98 Å². The van der Waals surface area contributed by atoms with Gasteiger partial charge in [-0.05, 0) is 26.0 Å². The van der Waals surface area contributed by atoms with Crippen LogP contribution in [0.3, 0.4) is 0 Å². The number of carbonyl (C=O) groups is 1. The molecule has 2 heterocycles. The van der Waals surface area contributed by atoms with Crippen molar-refractivity contribution in [3.05, 3.63) is 30.1 Å². The van der Waals surface area contributed by atoms with Gasteiger partial charge in [-0.2, -0.15) is 0 Å². The predicted molar refractivity (Wildman–Crippen MR) is 70.7 cm³/mol. The Labute approximate surface area is 106 Å². The SMILES string of the molecule is CCC(=O)c1cn(CC(C)(C)O)c2ncccc12. The highest BCUT2D eigenvalue weighted by atomic mass is 16.3. The number of hydrogen-bond acceptors (Lipinski definition) is 3. The molecule has 0 bridgehead atoms. The highest BCUT2D eigenvalue weighted by Crippen LogP contribution is 2.22. The van der Waals surface area contributed by atoms with E-state index >= 15 is 0 Å². The lowest BCUT2D eigenvalue weighted by Gasteiger charge is -2.18. The third kappa shape index (κ3) is 2.43. The second-order valence-electron chi connectivity index (χ2n) is 5.13. The summed E-state index contributed by atoms with van der Waals surface area (Å²) in [6, 6.07) is 3.72. The van der Waals surface area contributed by atoms with Gasteiger partial charge in [-0.15, -0.1) is 0 Å². The van der Waals surface area contributed by atoms with Crippen LogP contribution in [0.2, 0.25) is 0 Å². The lowest BCUT2D eigenvalue weighted by molar-refractivity contribution is 0.0625. The van der Waals surface area contributed by atoms with Gasteiger partial charge in [0, 0.05) is 29.8 Å². The van der Waals surface area contributed by atoms with Crippen molar-refractivity contribution in [3.8, 4) is 0 Å². The molecule has 96 valence electrons. The minimum absolute atomic E-state index is 0.0995. The molecule has 0 fully saturated rings. The average molecular weight is 246 g/mol. The van der Waals surface area contributed by atoms with Crippen molar-refractivity contribution in [3.63, 3.8) is 0 Å². The predicted octanol–water partition coefficient (Wildman–Crippen LogP) is 2.40. The number of fused-ring (bicyclic) bond motifs is 1. The number of rotatable bonds is 4. The number of hydrogen-bond donors (Lipinski definition) is 1. The van der Waals surface area contributed by atoms with Gasteiger partial charge in [0.1, 0.15) is 5.65 Å². The van der Waals surface area contributed by atoms with Crippen molar-refractivity contribution >= 4 is 16.8 Å². The van der Waals surface area contributed by atoms with E-state index in [-0.39, 0.29) is 5.78 Å². The number of pyridine rings is 1. The Kier molecular flexibility index (Phi) is 3.22. The van der Waals surface area contributed by atoms with Crippen LogP contribution in [-0.2, 0) is 6.54 Å². The van der Waals surface area contributed by atoms with E-state index in [9.17, 15) is 9.90 Å². The molecule has 0 saturated heterocycles. The van der Waals surface area contributed by atoms with Crippen LogP contribution in [0.25, 0.3) is 11.0 Å². The van der Waals surface area contributed by atoms with Crippen molar-refractivity contribution in [2.24, 2.45) is 0 Å². The van der Waals surface area contributed by atoms with Crippen molar-refractivity contribution in [2.75, 3.05) is 0 Å². The van der Waals surface area contributed by atoms with Crippen LogP contribution in [-0.4, -0.2) is 26.0 Å². The first-order valence-corrected chi connectivity index (χ1v) is 6.12. The summed E-state index contributed by atoms with van der Waals surface area (Å²) in [7, 11) is 0. The largest absolute Gasteiger partial charge is 0.389 e. The Balaban J connectivity index is 2.58. The lowest BCUT2D eigenvalue weighted by Crippen LogP contribution is -2.25. The second-order valence-corrected chi connectivity index (χ2v) is 5.13. The first kappa shape index (κ1) is 12.8. The van der Waals surface area contributed by atoms with Crippen LogP contribution < -0.4 is 0 Å². The van der Waals surface area contributed by atoms with Crippen LogP contribution in [0, 0.1) is 0 Å². The van der Waals surface area contributed by atoms with Gasteiger partial charge < -0.3 is 9.67 Å². The summed E-state index contributed by atoms with van der Waals surface area (Å²) in [4.78, 5) is 16.2. The Morgan fingerprint density at radius 1 is 1.50 bits per heavy atom. The minimum Gasteiger partial charge on any atom is -0.389 e. The van der Waals surface area contributed by atoms with E-state index in [2.05, 4.69) is 4.98 Å². The Bertz CT molecular complexity index is 579. The second kappa shape index (κ2) is 4.53. The maximum absolute atomic E-state index is 11.9. The van der Waals surface area contributed by atoms with Crippen LogP contribution in [0.4, 0.5) is 0 Å². The summed E-state index contributed by atoms with van der Waals surface area (Å²) in [5.74, 6) is 0.0995. The maximum Gasteiger partial charge on any atom is 0.164 e. The smallest absolute Gasteiger partial charge is 0.164 e. The van der Waals surface area contributed by atoms with E-state index in [1.807, 2.05) is 23.6 Å². The highest BCUT2D eigenvalue weighted by Gasteiger charge is 2.19. The molecule has 0 atom stereocenters. The molecule has 0 aliphatic carbocycles. The summed E-state index contributed by atoms with van der Waals surface area (Å²) in [6.45, 7) is 5.74. The third-order valence-electron chi connectivity index (χ3n) is 2.81. The standard InChI is InChI=1S/C14H18N2O2/c1-4-12(17)11-8-16(9-14(2,3)18)13-10(11)6-5-7-15-13/h5-8,18H,4,9H2,1-3H3. The van der Waals surface area contributed by atoms with Gasteiger partial charge in [-0.1, -0.05) is 6.92 Å². The van der Waals surface area contributed by atoms with E-state index in [1.54, 1.807) is 26.2 Å². The van der Waals surface area contributed by atoms with Gasteiger partial charge in [0.2, 0.25) is 0 Å². The fraction of sp³-hybridized carbons (Fsp3) is 0.429. The summed E-state index contributed by atoms with van der Waals surface area (Å²) in [6.07, 6.45) is 3.96. The van der Waals surface area contributed by atoms with E-state index < -0.39 is 5.60 Å². The minimum atomic E-state index is -0.837. The Morgan fingerprint density at radius 2 is 2.22 bits per heavy atom. The molecule has 4 nitrogen and oxygen atoms in total. The number of nitrogens with zero attached hydrogens (tertiary/aromatic N) is 2. The normalized spacial score (nSPS) is 12.0. The fourth-order valence-corrected chi connectivity index (χ4v) is 2.07. The summed E-state index contributed by atoms with van der Waals surface area (Å²) in [5, 5.41) is 10.8. The molecule has 4 heteroatoms. The molecule has 18 heavy (non-hydrogen) atoms. The van der Waals surface area contributed by atoms with Crippen LogP contribution in [0.1, 0.15) is 37.6 Å². The first-order chi connectivity index (χ1) is 8.42. The molecule has 0 amide bonds. The molecule has 0 radical (unpaired) electrons. The van der Waals surface area contributed by atoms with Crippen molar-refractivity contribution < 1.29 is 9.90 Å². The fourth-order valence-electron chi connectivity index (χ4n) is 2.07. The molecule has 2 rings (SSSR count). The van der Waals surface area contributed by atoms with Crippen LogP contribution in [0.15, 0.2) is 24.5 Å². The van der Waals surface area contributed by atoms with Gasteiger partial charge >= 0.3 is 0 Å². The molecule has 0 spiro atoms.